The summed E-state index contributed by atoms with van der Waals surface area (Å²) in [6.07, 6.45) is 3.58. The van der Waals surface area contributed by atoms with Crippen LogP contribution < -0.4 is 10.2 Å². The first-order valence-corrected chi connectivity index (χ1v) is 10.5. The third kappa shape index (κ3) is 4.38. The summed E-state index contributed by atoms with van der Waals surface area (Å²) in [4.78, 5) is 40.1. The Morgan fingerprint density at radius 2 is 1.83 bits per heavy atom. The van der Waals surface area contributed by atoms with Gasteiger partial charge in [-0.15, -0.1) is 0 Å². The summed E-state index contributed by atoms with van der Waals surface area (Å²) in [7, 11) is 0. The van der Waals surface area contributed by atoms with E-state index in [1.54, 1.807) is 36.4 Å². The first-order valence-electron chi connectivity index (χ1n) is 9.66. The lowest BCUT2D eigenvalue weighted by Gasteiger charge is -2.18. The van der Waals surface area contributed by atoms with Gasteiger partial charge in [-0.3, -0.25) is 19.3 Å². The minimum Gasteiger partial charge on any atom is -0.369 e. The molecule has 2 fully saturated rings. The van der Waals surface area contributed by atoms with Crippen LogP contribution in [0, 0.1) is 5.82 Å². The maximum Gasteiger partial charge on any atom is 0.294 e. The molecule has 0 atom stereocenters. The maximum absolute atomic E-state index is 14.5. The van der Waals surface area contributed by atoms with Crippen LogP contribution in [0.3, 0.4) is 0 Å². The summed E-state index contributed by atoms with van der Waals surface area (Å²) in [5.41, 5.74) is 1.63. The first kappa shape index (κ1) is 20.2. The molecule has 154 valence electrons. The highest BCUT2D eigenvalue weighted by atomic mass is 32.2. The van der Waals surface area contributed by atoms with Gasteiger partial charge in [-0.2, -0.15) is 0 Å². The Bertz CT molecular complexity index is 1020. The minimum absolute atomic E-state index is 0.167. The zero-order valence-electron chi connectivity index (χ0n) is 16.1. The van der Waals surface area contributed by atoms with Crippen molar-refractivity contribution in [3.63, 3.8) is 0 Å². The number of hydrogen-bond donors (Lipinski definition) is 1. The highest BCUT2D eigenvalue weighted by molar-refractivity contribution is 8.18. The van der Waals surface area contributed by atoms with Gasteiger partial charge in [0.25, 0.3) is 11.1 Å². The molecule has 30 heavy (non-hydrogen) atoms. The van der Waals surface area contributed by atoms with Crippen molar-refractivity contribution in [1.82, 2.24) is 4.90 Å². The van der Waals surface area contributed by atoms with Crippen LogP contribution in [-0.2, 0) is 9.59 Å². The van der Waals surface area contributed by atoms with E-state index in [9.17, 15) is 18.8 Å². The summed E-state index contributed by atoms with van der Waals surface area (Å²) in [5, 5.41) is 2.12. The van der Waals surface area contributed by atoms with Crippen molar-refractivity contribution in [3.05, 3.63) is 64.8 Å². The molecule has 2 aromatic carbocycles. The van der Waals surface area contributed by atoms with Crippen LogP contribution in [0.2, 0.25) is 0 Å². The molecule has 0 unspecified atom stereocenters. The molecule has 0 spiro atoms. The molecule has 6 nitrogen and oxygen atoms in total. The summed E-state index contributed by atoms with van der Waals surface area (Å²) in [5.74, 6) is -1.38. The molecule has 2 aliphatic heterocycles. The number of thioether (sulfide) groups is 1. The molecule has 1 N–H and O–H groups in total. The van der Waals surface area contributed by atoms with Crippen LogP contribution in [0.1, 0.15) is 18.4 Å². The number of anilines is 2. The lowest BCUT2D eigenvalue weighted by Crippen LogP contribution is -2.36. The summed E-state index contributed by atoms with van der Waals surface area (Å²) < 4.78 is 14.5. The zero-order chi connectivity index (χ0) is 21.1. The Labute approximate surface area is 177 Å². The van der Waals surface area contributed by atoms with E-state index in [-0.39, 0.29) is 17.3 Å². The predicted octanol–water partition coefficient (Wildman–Crippen LogP) is 4.10. The number of benzene rings is 2. The lowest BCUT2D eigenvalue weighted by molar-refractivity contribution is -0.127. The Morgan fingerprint density at radius 1 is 1.10 bits per heavy atom. The molecule has 0 aromatic heterocycles. The second kappa shape index (κ2) is 8.71. The molecule has 3 amide bonds. The normalized spacial score (nSPS) is 17.8. The number of halogens is 1. The fraction of sp³-hybridized carbons (Fsp3) is 0.227. The Balaban J connectivity index is 1.44. The number of hydrogen-bond acceptors (Lipinski definition) is 5. The molecular formula is C22H20FN3O3S. The van der Waals surface area contributed by atoms with Gasteiger partial charge in [-0.1, -0.05) is 24.3 Å². The molecule has 0 saturated carbocycles. The van der Waals surface area contributed by atoms with E-state index in [0.29, 0.717) is 16.9 Å². The molecule has 0 bridgehead atoms. The SMILES string of the molecule is O=C(CN1C(=O)S/C(=C\c2ccc(N3CCCC3)c(F)c2)C1=O)Nc1ccccc1. The molecule has 2 saturated heterocycles. The van der Waals surface area contributed by atoms with Crippen molar-refractivity contribution >= 4 is 46.3 Å². The van der Waals surface area contributed by atoms with Gasteiger partial charge in [-0.25, -0.2) is 4.39 Å². The lowest BCUT2D eigenvalue weighted by atomic mass is 10.1. The zero-order valence-corrected chi connectivity index (χ0v) is 17.0. The smallest absolute Gasteiger partial charge is 0.294 e. The largest absolute Gasteiger partial charge is 0.369 e. The summed E-state index contributed by atoms with van der Waals surface area (Å²) in [6.45, 7) is 1.29. The summed E-state index contributed by atoms with van der Waals surface area (Å²) >= 11 is 0.746. The van der Waals surface area contributed by atoms with E-state index in [1.807, 2.05) is 11.0 Å². The topological polar surface area (TPSA) is 69.7 Å². The molecule has 2 aliphatic rings. The second-order valence-corrected chi connectivity index (χ2v) is 8.08. The number of nitrogens with zero attached hydrogens (tertiary/aromatic N) is 2. The third-order valence-corrected chi connectivity index (χ3v) is 5.86. The second-order valence-electron chi connectivity index (χ2n) is 7.09. The van der Waals surface area contributed by atoms with Crippen molar-refractivity contribution in [2.75, 3.05) is 29.9 Å². The molecule has 4 rings (SSSR count). The number of carbonyl (C=O) groups excluding carboxylic acids is 3. The molecular weight excluding hydrogens is 405 g/mol. The molecule has 0 radical (unpaired) electrons. The van der Waals surface area contributed by atoms with Gasteiger partial charge in [0.15, 0.2) is 0 Å². The number of rotatable bonds is 5. The van der Waals surface area contributed by atoms with Crippen LogP contribution in [-0.4, -0.2) is 41.6 Å². The van der Waals surface area contributed by atoms with E-state index >= 15 is 0 Å². The average Bonchev–Trinajstić information content (AvgIpc) is 3.34. The van der Waals surface area contributed by atoms with Crippen LogP contribution in [0.4, 0.5) is 20.6 Å². The molecule has 8 heteroatoms. The van der Waals surface area contributed by atoms with Gasteiger partial charge in [0.2, 0.25) is 5.91 Å². The van der Waals surface area contributed by atoms with E-state index < -0.39 is 17.1 Å². The number of nitrogens with one attached hydrogen (secondary N) is 1. The highest BCUT2D eigenvalue weighted by Gasteiger charge is 2.36. The van der Waals surface area contributed by atoms with Gasteiger partial charge < -0.3 is 10.2 Å². The van der Waals surface area contributed by atoms with Crippen molar-refractivity contribution in [2.24, 2.45) is 0 Å². The van der Waals surface area contributed by atoms with Gasteiger partial charge in [0.1, 0.15) is 12.4 Å². The maximum atomic E-state index is 14.5. The number of amides is 3. The molecule has 0 aliphatic carbocycles. The monoisotopic (exact) mass is 425 g/mol. The minimum atomic E-state index is -0.558. The fourth-order valence-electron chi connectivity index (χ4n) is 3.48. The van der Waals surface area contributed by atoms with E-state index in [1.165, 1.54) is 12.1 Å². The Kier molecular flexibility index (Phi) is 5.85. The van der Waals surface area contributed by atoms with Gasteiger partial charge in [0.05, 0.1) is 10.6 Å². The standard InChI is InChI=1S/C22H20FN3O3S/c23-17-12-15(8-9-18(17)25-10-4-5-11-25)13-19-21(28)26(22(29)30-19)14-20(27)24-16-6-2-1-3-7-16/h1-3,6-9,12-13H,4-5,10-11,14H2,(H,24,27)/b19-13-. The highest BCUT2D eigenvalue weighted by Crippen LogP contribution is 2.33. The Morgan fingerprint density at radius 3 is 2.53 bits per heavy atom. The number of para-hydroxylation sites is 1. The van der Waals surface area contributed by atoms with E-state index in [0.717, 1.165) is 42.6 Å². The van der Waals surface area contributed by atoms with Crippen LogP contribution in [0.5, 0.6) is 0 Å². The fourth-order valence-corrected chi connectivity index (χ4v) is 4.32. The van der Waals surface area contributed by atoms with Crippen molar-refractivity contribution < 1.29 is 18.8 Å². The van der Waals surface area contributed by atoms with Crippen LogP contribution in [0.15, 0.2) is 53.4 Å². The van der Waals surface area contributed by atoms with Crippen molar-refractivity contribution in [1.29, 1.82) is 0 Å². The number of imide groups is 1. The van der Waals surface area contributed by atoms with E-state index in [2.05, 4.69) is 5.32 Å². The number of carbonyl (C=O) groups is 3. The van der Waals surface area contributed by atoms with Crippen LogP contribution in [0.25, 0.3) is 6.08 Å². The predicted molar refractivity (Wildman–Crippen MR) is 116 cm³/mol. The van der Waals surface area contributed by atoms with Gasteiger partial charge in [-0.05, 0) is 60.5 Å². The van der Waals surface area contributed by atoms with E-state index in [4.69, 9.17) is 0 Å². The third-order valence-electron chi connectivity index (χ3n) is 4.95. The van der Waals surface area contributed by atoms with Gasteiger partial charge in [0, 0.05) is 18.8 Å². The quantitative estimate of drug-likeness (QED) is 0.731. The Hall–Kier alpha value is -3.13. The first-order chi connectivity index (χ1) is 14.5. The van der Waals surface area contributed by atoms with Crippen molar-refractivity contribution in [3.8, 4) is 0 Å². The molecule has 2 heterocycles. The van der Waals surface area contributed by atoms with Crippen LogP contribution >= 0.6 is 11.8 Å². The summed E-state index contributed by atoms with van der Waals surface area (Å²) in [6, 6.07) is 13.6. The molecule has 2 aromatic rings. The van der Waals surface area contributed by atoms with Crippen molar-refractivity contribution in [2.45, 2.75) is 12.8 Å². The van der Waals surface area contributed by atoms with Gasteiger partial charge >= 0.3 is 0 Å². The average molecular weight is 425 g/mol.